The number of fused-ring (bicyclic) bond motifs is 2. The number of aromatic nitrogens is 7. The number of anilines is 2. The van der Waals surface area contributed by atoms with Crippen LogP contribution in [-0.4, -0.2) is 60.5 Å². The fourth-order valence-corrected chi connectivity index (χ4v) is 3.75. The van der Waals surface area contributed by atoms with Gasteiger partial charge in [-0.05, 0) is 12.1 Å². The second-order valence-corrected chi connectivity index (χ2v) is 8.55. The van der Waals surface area contributed by atoms with Gasteiger partial charge in [-0.15, -0.1) is 5.10 Å². The first-order chi connectivity index (χ1) is 13.9. The first-order valence-corrected chi connectivity index (χ1v) is 9.90. The molecule has 9 heteroatoms. The summed E-state index contributed by atoms with van der Waals surface area (Å²) in [6.45, 7) is 10.0. The number of hydrogen-bond donors (Lipinski definition) is 0. The van der Waals surface area contributed by atoms with Crippen LogP contribution in [-0.2, 0) is 12.5 Å². The Kier molecular flexibility index (Phi) is 3.94. The Bertz CT molecular complexity index is 1180. The fourth-order valence-electron chi connectivity index (χ4n) is 3.75. The van der Waals surface area contributed by atoms with E-state index >= 15 is 0 Å². The van der Waals surface area contributed by atoms with E-state index in [9.17, 15) is 0 Å². The summed E-state index contributed by atoms with van der Waals surface area (Å²) in [5.74, 6) is 1.93. The van der Waals surface area contributed by atoms with Gasteiger partial charge in [0.25, 0.3) is 0 Å². The topological polar surface area (TPSA) is 80.3 Å². The van der Waals surface area contributed by atoms with E-state index < -0.39 is 0 Å². The standard InChI is InChI=1S/C20H25N9/c1-20(2,3)15-12-29-16(24-15)5-6-17(25-29)27-7-9-28(10-8-27)19-14-11-23-26(4)18(14)21-13-22-19/h5-6,11-13H,7-10H2,1-4H3. The zero-order valence-corrected chi connectivity index (χ0v) is 17.2. The highest BCUT2D eigenvalue weighted by Gasteiger charge is 2.23. The van der Waals surface area contributed by atoms with Gasteiger partial charge in [-0.1, -0.05) is 20.8 Å². The summed E-state index contributed by atoms with van der Waals surface area (Å²) in [6.07, 6.45) is 5.50. The summed E-state index contributed by atoms with van der Waals surface area (Å²) in [5.41, 5.74) is 2.81. The minimum atomic E-state index is 0.00859. The van der Waals surface area contributed by atoms with Crippen LogP contribution in [0.2, 0.25) is 0 Å². The van der Waals surface area contributed by atoms with Crippen molar-refractivity contribution in [2.75, 3.05) is 36.0 Å². The molecule has 0 amide bonds. The lowest BCUT2D eigenvalue weighted by molar-refractivity contribution is 0.572. The molecular weight excluding hydrogens is 366 g/mol. The molecule has 1 aliphatic rings. The highest BCUT2D eigenvalue weighted by atomic mass is 15.4. The lowest BCUT2D eigenvalue weighted by Crippen LogP contribution is -2.47. The van der Waals surface area contributed by atoms with Gasteiger partial charge in [0, 0.05) is 38.6 Å². The Balaban J connectivity index is 1.36. The molecular formula is C20H25N9. The van der Waals surface area contributed by atoms with Crippen molar-refractivity contribution in [1.29, 1.82) is 0 Å². The number of imidazole rings is 1. The predicted molar refractivity (Wildman–Crippen MR) is 112 cm³/mol. The first-order valence-electron chi connectivity index (χ1n) is 9.90. The predicted octanol–water partition coefficient (Wildman–Crippen LogP) is 2.03. The molecule has 1 saturated heterocycles. The molecule has 29 heavy (non-hydrogen) atoms. The van der Waals surface area contributed by atoms with Crippen LogP contribution in [0.1, 0.15) is 26.5 Å². The van der Waals surface area contributed by atoms with Crippen molar-refractivity contribution in [3.8, 4) is 0 Å². The molecule has 1 fully saturated rings. The van der Waals surface area contributed by atoms with E-state index in [1.807, 2.05) is 30.0 Å². The average Bonchev–Trinajstić information content (AvgIpc) is 3.31. The zero-order chi connectivity index (χ0) is 20.2. The number of piperazine rings is 1. The molecule has 0 bridgehead atoms. The monoisotopic (exact) mass is 391 g/mol. The molecule has 4 aromatic heterocycles. The van der Waals surface area contributed by atoms with E-state index in [-0.39, 0.29) is 5.41 Å². The first kappa shape index (κ1) is 17.8. The van der Waals surface area contributed by atoms with Crippen molar-refractivity contribution in [2.24, 2.45) is 7.05 Å². The van der Waals surface area contributed by atoms with Crippen molar-refractivity contribution in [3.05, 3.63) is 36.5 Å². The average molecular weight is 391 g/mol. The molecule has 0 aliphatic carbocycles. The van der Waals surface area contributed by atoms with Gasteiger partial charge in [-0.3, -0.25) is 4.68 Å². The van der Waals surface area contributed by atoms with E-state index in [1.54, 1.807) is 11.0 Å². The molecule has 150 valence electrons. The van der Waals surface area contributed by atoms with Crippen molar-refractivity contribution < 1.29 is 0 Å². The summed E-state index contributed by atoms with van der Waals surface area (Å²) in [5, 5.41) is 10.1. The molecule has 0 aromatic carbocycles. The summed E-state index contributed by atoms with van der Waals surface area (Å²) < 4.78 is 3.68. The number of aryl methyl sites for hydroxylation is 1. The second kappa shape index (κ2) is 6.40. The zero-order valence-electron chi connectivity index (χ0n) is 17.2. The Morgan fingerprint density at radius 2 is 1.72 bits per heavy atom. The van der Waals surface area contributed by atoms with Crippen LogP contribution in [0.3, 0.4) is 0 Å². The molecule has 5 rings (SSSR count). The van der Waals surface area contributed by atoms with Crippen molar-refractivity contribution in [2.45, 2.75) is 26.2 Å². The molecule has 0 unspecified atom stereocenters. The molecule has 0 spiro atoms. The van der Waals surface area contributed by atoms with Crippen LogP contribution in [0.4, 0.5) is 11.6 Å². The minimum absolute atomic E-state index is 0.00859. The van der Waals surface area contributed by atoms with Gasteiger partial charge in [0.05, 0.1) is 23.5 Å². The van der Waals surface area contributed by atoms with E-state index in [0.717, 1.165) is 60.2 Å². The minimum Gasteiger partial charge on any atom is -0.352 e. The van der Waals surface area contributed by atoms with Gasteiger partial charge >= 0.3 is 0 Å². The third-order valence-corrected chi connectivity index (χ3v) is 5.49. The van der Waals surface area contributed by atoms with E-state index in [0.29, 0.717) is 0 Å². The largest absolute Gasteiger partial charge is 0.352 e. The summed E-state index contributed by atoms with van der Waals surface area (Å²) in [6, 6.07) is 4.11. The molecule has 0 N–H and O–H groups in total. The molecule has 5 heterocycles. The third kappa shape index (κ3) is 3.06. The maximum atomic E-state index is 4.81. The Morgan fingerprint density at radius 3 is 2.48 bits per heavy atom. The Morgan fingerprint density at radius 1 is 0.966 bits per heavy atom. The lowest BCUT2D eigenvalue weighted by Gasteiger charge is -2.36. The molecule has 1 aliphatic heterocycles. The summed E-state index contributed by atoms with van der Waals surface area (Å²) in [7, 11) is 1.90. The molecule has 0 atom stereocenters. The lowest BCUT2D eigenvalue weighted by atomic mass is 9.93. The second-order valence-electron chi connectivity index (χ2n) is 8.55. The molecule has 9 nitrogen and oxygen atoms in total. The SMILES string of the molecule is Cn1ncc2c(N3CCN(c4ccc5nc(C(C)(C)C)cn5n4)CC3)ncnc21. The van der Waals surface area contributed by atoms with Gasteiger partial charge in [-0.25, -0.2) is 19.5 Å². The van der Waals surface area contributed by atoms with Crippen LogP contribution < -0.4 is 9.80 Å². The fraction of sp³-hybridized carbons (Fsp3) is 0.450. The third-order valence-electron chi connectivity index (χ3n) is 5.49. The smallest absolute Gasteiger partial charge is 0.163 e. The van der Waals surface area contributed by atoms with Crippen LogP contribution in [0.15, 0.2) is 30.9 Å². The van der Waals surface area contributed by atoms with E-state index in [4.69, 9.17) is 10.1 Å². The normalized spacial score (nSPS) is 15.6. The number of hydrogen-bond acceptors (Lipinski definition) is 7. The van der Waals surface area contributed by atoms with Crippen molar-refractivity contribution >= 4 is 28.3 Å². The summed E-state index contributed by atoms with van der Waals surface area (Å²) >= 11 is 0. The number of rotatable bonds is 2. The van der Waals surface area contributed by atoms with Crippen LogP contribution in [0.25, 0.3) is 16.7 Å². The molecule has 0 radical (unpaired) electrons. The number of nitrogens with zero attached hydrogens (tertiary/aromatic N) is 9. The van der Waals surface area contributed by atoms with Gasteiger partial charge in [0.2, 0.25) is 0 Å². The highest BCUT2D eigenvalue weighted by molar-refractivity contribution is 5.86. The molecule has 0 saturated carbocycles. The van der Waals surface area contributed by atoms with Crippen LogP contribution in [0, 0.1) is 0 Å². The van der Waals surface area contributed by atoms with Gasteiger partial charge in [0.1, 0.15) is 18.0 Å². The Hall–Kier alpha value is -3.23. The highest BCUT2D eigenvalue weighted by Crippen LogP contribution is 2.25. The van der Waals surface area contributed by atoms with Crippen molar-refractivity contribution in [1.82, 2.24) is 34.3 Å². The van der Waals surface area contributed by atoms with Crippen LogP contribution >= 0.6 is 0 Å². The van der Waals surface area contributed by atoms with E-state index in [2.05, 4.69) is 51.7 Å². The van der Waals surface area contributed by atoms with Gasteiger partial charge < -0.3 is 9.80 Å². The van der Waals surface area contributed by atoms with E-state index in [1.165, 1.54) is 0 Å². The van der Waals surface area contributed by atoms with Crippen LogP contribution in [0.5, 0.6) is 0 Å². The van der Waals surface area contributed by atoms with Gasteiger partial charge in [-0.2, -0.15) is 5.10 Å². The quantitative estimate of drug-likeness (QED) is 0.517. The maximum Gasteiger partial charge on any atom is 0.163 e. The molecule has 4 aromatic rings. The van der Waals surface area contributed by atoms with Gasteiger partial charge in [0.15, 0.2) is 11.3 Å². The summed E-state index contributed by atoms with van der Waals surface area (Å²) in [4.78, 5) is 18.2. The Labute approximate surface area is 169 Å². The maximum absolute atomic E-state index is 4.81. The van der Waals surface area contributed by atoms with Crippen molar-refractivity contribution in [3.63, 3.8) is 0 Å².